The van der Waals surface area contributed by atoms with Gasteiger partial charge in [-0.15, -0.1) is 11.3 Å². The van der Waals surface area contributed by atoms with Crippen molar-refractivity contribution in [1.29, 1.82) is 0 Å². The van der Waals surface area contributed by atoms with Gasteiger partial charge in [-0.3, -0.25) is 9.69 Å². The maximum atomic E-state index is 13.1. The molecule has 1 fully saturated rings. The molecule has 7 heteroatoms. The average molecular weight is 434 g/mol. The van der Waals surface area contributed by atoms with E-state index in [0.717, 1.165) is 15.8 Å². The lowest BCUT2D eigenvalue weighted by atomic mass is 9.78. The van der Waals surface area contributed by atoms with E-state index < -0.39 is 5.54 Å². The van der Waals surface area contributed by atoms with Crippen LogP contribution in [0.3, 0.4) is 0 Å². The van der Waals surface area contributed by atoms with E-state index in [0.29, 0.717) is 26.1 Å². The molecule has 1 aromatic carbocycles. The van der Waals surface area contributed by atoms with Crippen molar-refractivity contribution in [1.82, 2.24) is 15.1 Å². The minimum atomic E-state index is -0.780. The predicted octanol–water partition coefficient (Wildman–Crippen LogP) is 3.38. The first-order chi connectivity index (χ1) is 12.5. The van der Waals surface area contributed by atoms with E-state index in [1.165, 1.54) is 15.3 Å². The molecule has 1 N–H and O–H groups in total. The van der Waals surface area contributed by atoms with Gasteiger partial charge in [-0.05, 0) is 59.1 Å². The molecule has 1 atom stereocenters. The molecule has 2 heterocycles. The number of carbonyl (C=O) groups is 2. The number of hydrogen-bond acceptors (Lipinski definition) is 4. The van der Waals surface area contributed by atoms with Crippen LogP contribution in [-0.4, -0.2) is 41.0 Å². The number of fused-ring (bicyclic) bond motifs is 1. The van der Waals surface area contributed by atoms with Gasteiger partial charge in [-0.25, -0.2) is 9.69 Å². The molecule has 2 aromatic rings. The van der Waals surface area contributed by atoms with Gasteiger partial charge in [0.25, 0.3) is 5.91 Å². The summed E-state index contributed by atoms with van der Waals surface area (Å²) in [4.78, 5) is 30.2. The van der Waals surface area contributed by atoms with Crippen LogP contribution in [0.25, 0.3) is 0 Å². The van der Waals surface area contributed by atoms with Crippen molar-refractivity contribution < 1.29 is 9.59 Å². The monoisotopic (exact) mass is 433 g/mol. The van der Waals surface area contributed by atoms with Crippen molar-refractivity contribution in [3.8, 4) is 0 Å². The van der Waals surface area contributed by atoms with Crippen molar-refractivity contribution >= 4 is 39.2 Å². The van der Waals surface area contributed by atoms with Crippen LogP contribution in [0.2, 0.25) is 0 Å². The number of amides is 3. The van der Waals surface area contributed by atoms with E-state index in [9.17, 15) is 9.59 Å². The van der Waals surface area contributed by atoms with Crippen LogP contribution in [0.15, 0.2) is 40.2 Å². The molecular formula is C19H20BrN3O2S. The SMILES string of the molecule is CN(Cc1ccc(Br)s1)CN1C(=O)NC2(CCc3ccccc3C2)C1=O. The number of halogens is 1. The average Bonchev–Trinajstić information content (AvgIpc) is 3.11. The third kappa shape index (κ3) is 3.19. The Bertz CT molecular complexity index is 868. The van der Waals surface area contributed by atoms with Crippen LogP contribution in [0.5, 0.6) is 0 Å². The second-order valence-corrected chi connectivity index (χ2v) is 9.60. The van der Waals surface area contributed by atoms with Crippen molar-refractivity contribution in [2.45, 2.75) is 31.3 Å². The second-order valence-electron chi connectivity index (χ2n) is 7.05. The van der Waals surface area contributed by atoms with Crippen molar-refractivity contribution in [3.63, 3.8) is 0 Å². The molecule has 1 unspecified atom stereocenters. The Morgan fingerprint density at radius 3 is 2.73 bits per heavy atom. The summed E-state index contributed by atoms with van der Waals surface area (Å²) in [6, 6.07) is 12.0. The van der Waals surface area contributed by atoms with E-state index in [4.69, 9.17) is 0 Å². The van der Waals surface area contributed by atoms with Gasteiger partial charge in [0.2, 0.25) is 0 Å². The van der Waals surface area contributed by atoms with Crippen molar-refractivity contribution in [2.75, 3.05) is 13.7 Å². The number of thiophene rings is 1. The molecule has 136 valence electrons. The fourth-order valence-electron chi connectivity index (χ4n) is 3.82. The van der Waals surface area contributed by atoms with E-state index in [1.54, 1.807) is 11.3 Å². The zero-order chi connectivity index (χ0) is 18.3. The summed E-state index contributed by atoms with van der Waals surface area (Å²) >= 11 is 5.12. The molecular weight excluding hydrogens is 414 g/mol. The number of benzene rings is 1. The molecule has 0 radical (unpaired) electrons. The predicted molar refractivity (Wildman–Crippen MR) is 105 cm³/mol. The Kier molecular flexibility index (Phi) is 4.62. The second kappa shape index (κ2) is 6.79. The van der Waals surface area contributed by atoms with Gasteiger partial charge in [-0.1, -0.05) is 24.3 Å². The highest BCUT2D eigenvalue weighted by atomic mass is 79.9. The molecule has 0 saturated carbocycles. The smallest absolute Gasteiger partial charge is 0.323 e. The van der Waals surface area contributed by atoms with Crippen molar-refractivity contribution in [2.24, 2.45) is 0 Å². The molecule has 1 aliphatic heterocycles. The van der Waals surface area contributed by atoms with Crippen LogP contribution in [0.1, 0.15) is 22.4 Å². The Balaban J connectivity index is 1.47. The molecule has 1 aliphatic carbocycles. The fourth-order valence-corrected chi connectivity index (χ4v) is 5.39. The number of carbonyl (C=O) groups excluding carboxylic acids is 2. The number of aryl methyl sites for hydroxylation is 1. The summed E-state index contributed by atoms with van der Waals surface area (Å²) in [6.45, 7) is 0.993. The first kappa shape index (κ1) is 17.7. The number of nitrogens with zero attached hydrogens (tertiary/aromatic N) is 2. The van der Waals surface area contributed by atoms with Gasteiger partial charge in [0.05, 0.1) is 10.5 Å². The molecule has 2 aliphatic rings. The van der Waals surface area contributed by atoms with E-state index >= 15 is 0 Å². The first-order valence-electron chi connectivity index (χ1n) is 8.60. The summed E-state index contributed by atoms with van der Waals surface area (Å²) in [5, 5.41) is 2.99. The quantitative estimate of drug-likeness (QED) is 0.751. The minimum absolute atomic E-state index is 0.101. The van der Waals surface area contributed by atoms with Gasteiger partial charge in [0.15, 0.2) is 0 Å². The Morgan fingerprint density at radius 1 is 1.23 bits per heavy atom. The van der Waals surface area contributed by atoms with Crippen LogP contribution in [-0.2, 0) is 24.2 Å². The van der Waals surface area contributed by atoms with Gasteiger partial charge >= 0.3 is 6.03 Å². The summed E-state index contributed by atoms with van der Waals surface area (Å²) in [5.41, 5.74) is 1.66. The number of urea groups is 1. The minimum Gasteiger partial charge on any atom is -0.323 e. The number of rotatable bonds is 4. The summed E-state index contributed by atoms with van der Waals surface area (Å²) in [7, 11) is 1.93. The Hall–Kier alpha value is -1.70. The molecule has 0 bridgehead atoms. The maximum absolute atomic E-state index is 13.1. The third-order valence-corrected chi connectivity index (χ3v) is 6.72. The summed E-state index contributed by atoms with van der Waals surface area (Å²) in [5.74, 6) is -0.101. The van der Waals surface area contributed by atoms with Gasteiger partial charge in [0, 0.05) is 17.8 Å². The largest absolute Gasteiger partial charge is 0.326 e. The van der Waals surface area contributed by atoms with Crippen molar-refractivity contribution in [3.05, 3.63) is 56.2 Å². The highest BCUT2D eigenvalue weighted by molar-refractivity contribution is 9.11. The van der Waals surface area contributed by atoms with Crippen LogP contribution in [0, 0.1) is 0 Å². The zero-order valence-corrected chi connectivity index (χ0v) is 16.9. The zero-order valence-electron chi connectivity index (χ0n) is 14.5. The number of nitrogens with one attached hydrogen (secondary N) is 1. The summed E-state index contributed by atoms with van der Waals surface area (Å²) < 4.78 is 1.08. The lowest BCUT2D eigenvalue weighted by Gasteiger charge is -2.32. The van der Waals surface area contributed by atoms with Gasteiger partial charge in [0.1, 0.15) is 5.54 Å². The molecule has 5 nitrogen and oxygen atoms in total. The highest BCUT2D eigenvalue weighted by Crippen LogP contribution is 2.33. The number of imide groups is 1. The number of hydrogen-bond donors (Lipinski definition) is 1. The third-order valence-electron chi connectivity index (χ3n) is 5.12. The Morgan fingerprint density at radius 2 is 2.00 bits per heavy atom. The van der Waals surface area contributed by atoms with E-state index in [1.807, 2.05) is 30.1 Å². The van der Waals surface area contributed by atoms with E-state index in [-0.39, 0.29) is 11.9 Å². The molecule has 1 saturated heterocycles. The highest BCUT2D eigenvalue weighted by Gasteiger charge is 2.52. The van der Waals surface area contributed by atoms with Crippen LogP contribution >= 0.6 is 27.3 Å². The van der Waals surface area contributed by atoms with Crippen LogP contribution < -0.4 is 5.32 Å². The normalized spacial score (nSPS) is 22.2. The molecule has 4 rings (SSSR count). The van der Waals surface area contributed by atoms with E-state index in [2.05, 4.69) is 39.4 Å². The first-order valence-corrected chi connectivity index (χ1v) is 10.2. The lowest BCUT2D eigenvalue weighted by molar-refractivity contribution is -0.133. The van der Waals surface area contributed by atoms with Crippen LogP contribution in [0.4, 0.5) is 4.79 Å². The van der Waals surface area contributed by atoms with Gasteiger partial charge in [-0.2, -0.15) is 0 Å². The summed E-state index contributed by atoms with van der Waals surface area (Å²) in [6.07, 6.45) is 2.05. The molecule has 1 aromatic heterocycles. The molecule has 3 amide bonds. The fraction of sp³-hybridized carbons (Fsp3) is 0.368. The lowest BCUT2D eigenvalue weighted by Crippen LogP contribution is -2.51. The topological polar surface area (TPSA) is 52.6 Å². The molecule has 1 spiro atoms. The maximum Gasteiger partial charge on any atom is 0.326 e. The Labute approximate surface area is 165 Å². The van der Waals surface area contributed by atoms with Gasteiger partial charge < -0.3 is 5.32 Å². The standard InChI is InChI=1S/C19H20BrN3O2S/c1-22(11-15-6-7-16(20)26-15)12-23-17(24)19(21-18(23)25)9-8-13-4-2-3-5-14(13)10-19/h2-7H,8-12H2,1H3,(H,21,25). The molecule has 26 heavy (non-hydrogen) atoms.